The molecule has 0 bridgehead atoms. The van der Waals surface area contributed by atoms with Crippen molar-refractivity contribution in [3.05, 3.63) is 29.7 Å². The number of hydrogen-bond donors (Lipinski definition) is 2. The Balaban J connectivity index is 1.76. The molecule has 0 aliphatic rings. The Morgan fingerprint density at radius 2 is 2.29 bits per heavy atom. The predicted octanol–water partition coefficient (Wildman–Crippen LogP) is 1.43. The maximum atomic E-state index is 11.6. The van der Waals surface area contributed by atoms with Gasteiger partial charge in [-0.15, -0.1) is 0 Å². The summed E-state index contributed by atoms with van der Waals surface area (Å²) in [7, 11) is 0. The number of nitrogens with one attached hydrogen (secondary N) is 2. The van der Waals surface area contributed by atoms with E-state index in [1.54, 1.807) is 4.52 Å². The second-order valence-electron chi connectivity index (χ2n) is 5.35. The molecule has 6 heteroatoms. The maximum absolute atomic E-state index is 11.6. The van der Waals surface area contributed by atoms with E-state index in [2.05, 4.69) is 27.6 Å². The van der Waals surface area contributed by atoms with Crippen LogP contribution in [0.25, 0.3) is 5.65 Å². The van der Waals surface area contributed by atoms with E-state index in [0.717, 1.165) is 23.3 Å². The van der Waals surface area contributed by atoms with Crippen molar-refractivity contribution < 1.29 is 4.79 Å². The van der Waals surface area contributed by atoms with Crippen molar-refractivity contribution in [1.29, 1.82) is 0 Å². The Hall–Kier alpha value is -1.95. The first kappa shape index (κ1) is 15.4. The summed E-state index contributed by atoms with van der Waals surface area (Å²) < 4.78 is 1.78. The van der Waals surface area contributed by atoms with Gasteiger partial charge in [0.2, 0.25) is 5.91 Å². The Bertz CT molecular complexity index is 607. The molecule has 0 aliphatic heterocycles. The molecule has 0 saturated carbocycles. The van der Waals surface area contributed by atoms with E-state index in [0.29, 0.717) is 19.5 Å². The van der Waals surface area contributed by atoms with Gasteiger partial charge in [0.05, 0.1) is 5.69 Å². The highest BCUT2D eigenvalue weighted by Crippen LogP contribution is 2.04. The molecule has 2 N–H and O–H groups in total. The fraction of sp³-hybridized carbons (Fsp3) is 0.533. The largest absolute Gasteiger partial charge is 0.354 e. The van der Waals surface area contributed by atoms with Gasteiger partial charge in [0, 0.05) is 49.6 Å². The van der Waals surface area contributed by atoms with Crippen molar-refractivity contribution in [2.45, 2.75) is 46.2 Å². The predicted molar refractivity (Wildman–Crippen MR) is 81.9 cm³/mol. The summed E-state index contributed by atoms with van der Waals surface area (Å²) >= 11 is 0. The van der Waals surface area contributed by atoms with Gasteiger partial charge < -0.3 is 10.6 Å². The van der Waals surface area contributed by atoms with Crippen LogP contribution in [0, 0.1) is 6.92 Å². The van der Waals surface area contributed by atoms with Gasteiger partial charge in [-0.05, 0) is 20.3 Å². The summed E-state index contributed by atoms with van der Waals surface area (Å²) in [5.74, 6) is 0.0909. The van der Waals surface area contributed by atoms with Gasteiger partial charge >= 0.3 is 0 Å². The Morgan fingerprint density at radius 1 is 1.48 bits per heavy atom. The highest BCUT2D eigenvalue weighted by molar-refractivity contribution is 5.76. The van der Waals surface area contributed by atoms with Crippen LogP contribution in [0.1, 0.15) is 37.9 Å². The molecule has 0 spiro atoms. The zero-order chi connectivity index (χ0) is 15.2. The zero-order valence-electron chi connectivity index (χ0n) is 12.9. The average molecular weight is 289 g/mol. The molecule has 2 aromatic heterocycles. The van der Waals surface area contributed by atoms with Crippen LogP contribution < -0.4 is 10.6 Å². The fourth-order valence-electron chi connectivity index (χ4n) is 2.01. The molecule has 114 valence electrons. The van der Waals surface area contributed by atoms with Crippen molar-refractivity contribution in [2.24, 2.45) is 0 Å². The van der Waals surface area contributed by atoms with Gasteiger partial charge in [0.15, 0.2) is 5.65 Å². The maximum Gasteiger partial charge on any atom is 0.221 e. The smallest absolute Gasteiger partial charge is 0.221 e. The Kier molecular flexibility index (Phi) is 5.27. The third-order valence-corrected chi connectivity index (χ3v) is 3.37. The third-order valence-electron chi connectivity index (χ3n) is 3.37. The fourth-order valence-corrected chi connectivity index (χ4v) is 2.01. The zero-order valence-corrected chi connectivity index (χ0v) is 12.9. The molecule has 0 radical (unpaired) electrons. The first-order chi connectivity index (χ1) is 10.1. The first-order valence-electron chi connectivity index (χ1n) is 7.39. The van der Waals surface area contributed by atoms with Crippen LogP contribution in [0.3, 0.4) is 0 Å². The monoisotopic (exact) mass is 289 g/mol. The van der Waals surface area contributed by atoms with Crippen LogP contribution in [0.5, 0.6) is 0 Å². The molecule has 2 rings (SSSR count). The number of nitrogens with zero attached hydrogens (tertiary/aromatic N) is 3. The molecule has 1 unspecified atom stereocenters. The molecular weight excluding hydrogens is 266 g/mol. The van der Waals surface area contributed by atoms with Crippen LogP contribution in [-0.4, -0.2) is 33.1 Å². The highest BCUT2D eigenvalue weighted by atomic mass is 16.1. The lowest BCUT2D eigenvalue weighted by molar-refractivity contribution is -0.121. The number of amides is 1. The summed E-state index contributed by atoms with van der Waals surface area (Å²) in [6.07, 6.45) is 5.24. The van der Waals surface area contributed by atoms with Crippen LogP contribution in [0.4, 0.5) is 0 Å². The quantitative estimate of drug-likeness (QED) is 0.757. The van der Waals surface area contributed by atoms with Gasteiger partial charge in [-0.3, -0.25) is 4.79 Å². The van der Waals surface area contributed by atoms with Gasteiger partial charge in [-0.25, -0.2) is 9.50 Å². The normalized spacial score (nSPS) is 12.5. The van der Waals surface area contributed by atoms with Crippen molar-refractivity contribution >= 4 is 11.6 Å². The van der Waals surface area contributed by atoms with E-state index in [-0.39, 0.29) is 11.9 Å². The van der Waals surface area contributed by atoms with Crippen LogP contribution in [-0.2, 0) is 11.3 Å². The minimum absolute atomic E-state index is 0.0909. The van der Waals surface area contributed by atoms with E-state index < -0.39 is 0 Å². The number of aromatic nitrogens is 3. The summed E-state index contributed by atoms with van der Waals surface area (Å²) in [6.45, 7) is 7.35. The van der Waals surface area contributed by atoms with E-state index in [9.17, 15) is 4.79 Å². The van der Waals surface area contributed by atoms with Crippen molar-refractivity contribution in [1.82, 2.24) is 25.2 Å². The number of carbonyl (C=O) groups is 1. The number of fused-ring (bicyclic) bond motifs is 1. The standard InChI is InChI=1S/C15H23N5O/c1-4-11(2)18-15(21)5-6-16-8-13-9-17-14-7-12(3)19-20(14)10-13/h7,9-11,16H,4-6,8H2,1-3H3,(H,18,21). The summed E-state index contributed by atoms with van der Waals surface area (Å²) in [5, 5.41) is 10.5. The van der Waals surface area contributed by atoms with Gasteiger partial charge in [0.1, 0.15) is 0 Å². The molecule has 2 heterocycles. The lowest BCUT2D eigenvalue weighted by atomic mass is 10.2. The number of carbonyl (C=O) groups excluding carboxylic acids is 1. The molecule has 1 amide bonds. The molecular formula is C15H23N5O. The van der Waals surface area contributed by atoms with E-state index >= 15 is 0 Å². The van der Waals surface area contributed by atoms with Crippen LogP contribution >= 0.6 is 0 Å². The van der Waals surface area contributed by atoms with E-state index in [4.69, 9.17) is 0 Å². The Morgan fingerprint density at radius 3 is 3.05 bits per heavy atom. The van der Waals surface area contributed by atoms with Crippen molar-refractivity contribution in [2.75, 3.05) is 6.54 Å². The number of rotatable bonds is 7. The average Bonchev–Trinajstić information content (AvgIpc) is 2.82. The molecule has 1 atom stereocenters. The third kappa shape index (κ3) is 4.53. The van der Waals surface area contributed by atoms with Crippen LogP contribution in [0.15, 0.2) is 18.5 Å². The van der Waals surface area contributed by atoms with E-state index in [1.165, 1.54) is 0 Å². The van der Waals surface area contributed by atoms with Crippen LogP contribution in [0.2, 0.25) is 0 Å². The first-order valence-corrected chi connectivity index (χ1v) is 7.39. The lowest BCUT2D eigenvalue weighted by Gasteiger charge is -2.11. The lowest BCUT2D eigenvalue weighted by Crippen LogP contribution is -2.33. The minimum Gasteiger partial charge on any atom is -0.354 e. The molecule has 6 nitrogen and oxygen atoms in total. The molecule has 0 aliphatic carbocycles. The van der Waals surface area contributed by atoms with Gasteiger partial charge in [0.25, 0.3) is 0 Å². The minimum atomic E-state index is 0.0909. The topological polar surface area (TPSA) is 71.3 Å². The SMILES string of the molecule is CCC(C)NC(=O)CCNCc1cnc2cc(C)nn2c1. The highest BCUT2D eigenvalue weighted by Gasteiger charge is 2.05. The Labute approximate surface area is 125 Å². The molecule has 21 heavy (non-hydrogen) atoms. The van der Waals surface area contributed by atoms with Crippen molar-refractivity contribution in [3.8, 4) is 0 Å². The molecule has 0 aromatic carbocycles. The van der Waals surface area contributed by atoms with Gasteiger partial charge in [-0.2, -0.15) is 5.10 Å². The number of hydrogen-bond acceptors (Lipinski definition) is 4. The number of aryl methyl sites for hydroxylation is 1. The molecule has 2 aromatic rings. The van der Waals surface area contributed by atoms with Gasteiger partial charge in [-0.1, -0.05) is 6.92 Å². The summed E-state index contributed by atoms with van der Waals surface area (Å²) in [5.41, 5.74) is 2.85. The second-order valence-corrected chi connectivity index (χ2v) is 5.35. The summed E-state index contributed by atoms with van der Waals surface area (Å²) in [6, 6.07) is 2.18. The summed E-state index contributed by atoms with van der Waals surface area (Å²) in [4.78, 5) is 16.0. The van der Waals surface area contributed by atoms with E-state index in [1.807, 2.05) is 32.3 Å². The molecule has 0 fully saturated rings. The molecule has 0 saturated heterocycles. The van der Waals surface area contributed by atoms with Crippen molar-refractivity contribution in [3.63, 3.8) is 0 Å². The second kappa shape index (κ2) is 7.17.